The lowest BCUT2D eigenvalue weighted by molar-refractivity contribution is -0.152. The van der Waals surface area contributed by atoms with Gasteiger partial charge in [0.25, 0.3) is 5.56 Å². The fourth-order valence-corrected chi connectivity index (χ4v) is 5.83. The summed E-state index contributed by atoms with van der Waals surface area (Å²) in [5.74, 6) is -0.743. The zero-order valence-electron chi connectivity index (χ0n) is 26.8. The van der Waals surface area contributed by atoms with E-state index < -0.39 is 42.1 Å². The van der Waals surface area contributed by atoms with Crippen LogP contribution in [0.1, 0.15) is 48.7 Å². The maximum absolute atomic E-state index is 13.7. The number of esters is 1. The highest BCUT2D eigenvalue weighted by atomic mass is 19.4. The van der Waals surface area contributed by atoms with Crippen LogP contribution in [0.15, 0.2) is 71.8 Å². The average molecular weight is 689 g/mol. The van der Waals surface area contributed by atoms with Gasteiger partial charge in [0, 0.05) is 19.3 Å². The largest absolute Gasteiger partial charge is 0.445 e. The Labute approximate surface area is 283 Å². The molecule has 1 aliphatic rings. The van der Waals surface area contributed by atoms with Crippen LogP contribution < -0.4 is 5.56 Å². The molecule has 2 aromatic carbocycles. The van der Waals surface area contributed by atoms with E-state index in [0.717, 1.165) is 17.7 Å². The lowest BCUT2D eigenvalue weighted by Crippen LogP contribution is -2.41. The molecule has 13 nitrogen and oxygen atoms in total. The predicted molar refractivity (Wildman–Crippen MR) is 171 cm³/mol. The minimum atomic E-state index is -4.51. The van der Waals surface area contributed by atoms with Gasteiger partial charge in [-0.05, 0) is 42.5 Å². The molecule has 0 aliphatic carbocycles. The second-order valence-electron chi connectivity index (χ2n) is 11.6. The van der Waals surface area contributed by atoms with E-state index in [9.17, 15) is 32.8 Å². The number of nitriles is 1. The van der Waals surface area contributed by atoms with Crippen LogP contribution in [0.5, 0.6) is 0 Å². The number of rotatable bonds is 10. The number of halogens is 3. The minimum absolute atomic E-state index is 0.00282. The average Bonchev–Trinajstić information content (AvgIpc) is 3.87. The maximum Gasteiger partial charge on any atom is 0.416 e. The smallest absolute Gasteiger partial charge is 0.416 e. The molecular weight excluding hydrogens is 657 g/mol. The Balaban J connectivity index is 1.28. The number of nitrogens with zero attached hydrogens (tertiary/aromatic N) is 8. The summed E-state index contributed by atoms with van der Waals surface area (Å²) in [6.07, 6.45) is -0.820. The molecule has 258 valence electrons. The number of carbonyl (C=O) groups excluding carboxylic acids is 2. The number of likely N-dealkylation sites (tertiary alicyclic amines) is 1. The fraction of sp³-hybridized carbons (Fsp3) is 0.324. The number of amides is 1. The van der Waals surface area contributed by atoms with E-state index in [0.29, 0.717) is 36.9 Å². The maximum atomic E-state index is 13.7. The molecule has 1 saturated heterocycles. The van der Waals surface area contributed by atoms with Crippen LogP contribution in [0.4, 0.5) is 18.0 Å². The molecule has 16 heteroatoms. The quantitative estimate of drug-likeness (QED) is 0.183. The first-order valence-electron chi connectivity index (χ1n) is 15.8. The standard InChI is InChI=1S/C34H31F3N8O5/c1-2-13-44-27(16-38)40-29-28(31(44)46)45(21-50-32(47)26-12-7-14-43(26)33(48)49-20-22-8-4-3-5-9-22)30(41-29)24-17-39-42(19-24)18-23-10-6-11-25(15-23)34(35,36)37/h3-6,8-11,15,17,19,26H,2,7,12-14,18,20-21H2,1H3/t26-/m0/s1. The van der Waals surface area contributed by atoms with Crippen LogP contribution in [0.2, 0.25) is 0 Å². The molecule has 0 radical (unpaired) electrons. The van der Waals surface area contributed by atoms with Crippen LogP contribution in [-0.4, -0.2) is 58.4 Å². The van der Waals surface area contributed by atoms with Crippen molar-refractivity contribution in [3.63, 3.8) is 0 Å². The predicted octanol–water partition coefficient (Wildman–Crippen LogP) is 5.11. The third kappa shape index (κ3) is 7.07. The van der Waals surface area contributed by atoms with Crippen LogP contribution in [0.25, 0.3) is 22.6 Å². The van der Waals surface area contributed by atoms with Gasteiger partial charge in [-0.25, -0.2) is 14.6 Å². The molecule has 3 aromatic heterocycles. The molecule has 1 aliphatic heterocycles. The van der Waals surface area contributed by atoms with Gasteiger partial charge in [0.2, 0.25) is 5.82 Å². The molecule has 0 spiro atoms. The summed E-state index contributed by atoms with van der Waals surface area (Å²) >= 11 is 0. The first kappa shape index (κ1) is 33.9. The van der Waals surface area contributed by atoms with Crippen molar-refractivity contribution in [1.29, 1.82) is 5.26 Å². The Morgan fingerprint density at radius 2 is 1.82 bits per heavy atom. The van der Waals surface area contributed by atoms with E-state index in [1.165, 1.54) is 37.2 Å². The van der Waals surface area contributed by atoms with Crippen molar-refractivity contribution in [3.8, 4) is 17.5 Å². The first-order chi connectivity index (χ1) is 24.1. The summed E-state index contributed by atoms with van der Waals surface area (Å²) in [6, 6.07) is 15.0. The third-order valence-electron chi connectivity index (χ3n) is 8.20. The van der Waals surface area contributed by atoms with E-state index in [-0.39, 0.29) is 42.5 Å². The van der Waals surface area contributed by atoms with Crippen LogP contribution in [-0.2, 0) is 46.9 Å². The summed E-state index contributed by atoms with van der Waals surface area (Å²) in [5.41, 5.74) is 0.0179. The van der Waals surface area contributed by atoms with Gasteiger partial charge >= 0.3 is 18.2 Å². The molecule has 0 saturated carbocycles. The molecule has 0 unspecified atom stereocenters. The number of aromatic nitrogens is 6. The monoisotopic (exact) mass is 688 g/mol. The number of ether oxygens (including phenoxy) is 2. The molecule has 0 N–H and O–H groups in total. The molecule has 1 atom stereocenters. The SMILES string of the molecule is CCCn1c(C#N)nc2nc(-c3cnn(Cc4cccc(C(F)(F)F)c4)c3)n(COC(=O)[C@@H]3CCCN3C(=O)OCc3ccccc3)c2c1=O. The summed E-state index contributed by atoms with van der Waals surface area (Å²) in [4.78, 5) is 50.2. The van der Waals surface area contributed by atoms with Gasteiger partial charge in [-0.1, -0.05) is 49.4 Å². The summed E-state index contributed by atoms with van der Waals surface area (Å²) in [6.45, 7) is 1.85. The number of benzene rings is 2. The van der Waals surface area contributed by atoms with Crippen LogP contribution in [0, 0.1) is 11.3 Å². The second-order valence-corrected chi connectivity index (χ2v) is 11.6. The van der Waals surface area contributed by atoms with Gasteiger partial charge < -0.3 is 9.47 Å². The van der Waals surface area contributed by atoms with E-state index in [4.69, 9.17) is 9.47 Å². The van der Waals surface area contributed by atoms with E-state index in [1.54, 1.807) is 6.07 Å². The normalized spacial score (nSPS) is 14.5. The summed E-state index contributed by atoms with van der Waals surface area (Å²) in [5, 5.41) is 14.0. The first-order valence-corrected chi connectivity index (χ1v) is 15.8. The van der Waals surface area contributed by atoms with Crippen molar-refractivity contribution < 1.29 is 32.2 Å². The van der Waals surface area contributed by atoms with Crippen molar-refractivity contribution >= 4 is 23.2 Å². The second kappa shape index (κ2) is 14.2. The van der Waals surface area contributed by atoms with Crippen molar-refractivity contribution in [3.05, 3.63) is 99.9 Å². The molecule has 5 aromatic rings. The van der Waals surface area contributed by atoms with Crippen molar-refractivity contribution in [2.24, 2.45) is 0 Å². The molecule has 1 fully saturated rings. The van der Waals surface area contributed by atoms with Crippen LogP contribution >= 0.6 is 0 Å². The highest BCUT2D eigenvalue weighted by molar-refractivity contribution is 5.82. The van der Waals surface area contributed by atoms with Crippen molar-refractivity contribution in [2.75, 3.05) is 6.54 Å². The number of alkyl halides is 3. The Hall–Kier alpha value is -5.98. The molecule has 4 heterocycles. The lowest BCUT2D eigenvalue weighted by Gasteiger charge is -2.23. The lowest BCUT2D eigenvalue weighted by atomic mass is 10.1. The number of carbonyl (C=O) groups is 2. The van der Waals surface area contributed by atoms with E-state index in [1.807, 2.05) is 43.3 Å². The fourth-order valence-electron chi connectivity index (χ4n) is 5.83. The van der Waals surface area contributed by atoms with Crippen LogP contribution in [0.3, 0.4) is 0 Å². The molecule has 1 amide bonds. The summed E-state index contributed by atoms with van der Waals surface area (Å²) < 4.78 is 54.9. The highest BCUT2D eigenvalue weighted by Crippen LogP contribution is 2.30. The topological polar surface area (TPSA) is 150 Å². The Bertz CT molecular complexity index is 2130. The number of imidazole rings is 1. The molecule has 50 heavy (non-hydrogen) atoms. The molecule has 0 bridgehead atoms. The van der Waals surface area contributed by atoms with Crippen molar-refractivity contribution in [2.45, 2.75) is 64.8 Å². The zero-order chi connectivity index (χ0) is 35.4. The molecule has 6 rings (SSSR count). The Morgan fingerprint density at radius 3 is 2.56 bits per heavy atom. The van der Waals surface area contributed by atoms with Gasteiger partial charge in [-0.2, -0.15) is 28.5 Å². The van der Waals surface area contributed by atoms with Gasteiger partial charge in [0.15, 0.2) is 17.9 Å². The van der Waals surface area contributed by atoms with E-state index >= 15 is 0 Å². The van der Waals surface area contributed by atoms with Crippen molar-refractivity contribution in [1.82, 2.24) is 33.8 Å². The zero-order valence-corrected chi connectivity index (χ0v) is 26.8. The number of hydrogen-bond donors (Lipinski definition) is 0. The Kier molecular flexibility index (Phi) is 9.66. The van der Waals surface area contributed by atoms with E-state index in [2.05, 4.69) is 15.1 Å². The highest BCUT2D eigenvalue weighted by Gasteiger charge is 2.37. The minimum Gasteiger partial charge on any atom is -0.445 e. The van der Waals surface area contributed by atoms with Gasteiger partial charge in [-0.3, -0.25) is 23.5 Å². The van der Waals surface area contributed by atoms with Gasteiger partial charge in [0.1, 0.15) is 24.5 Å². The number of hydrogen-bond acceptors (Lipinski definition) is 9. The third-order valence-corrected chi connectivity index (χ3v) is 8.20. The Morgan fingerprint density at radius 1 is 1.04 bits per heavy atom. The van der Waals surface area contributed by atoms with Gasteiger partial charge in [-0.15, -0.1) is 0 Å². The number of fused-ring (bicyclic) bond motifs is 1. The summed E-state index contributed by atoms with van der Waals surface area (Å²) in [7, 11) is 0. The molecular formula is C34H31F3N8O5. The van der Waals surface area contributed by atoms with Gasteiger partial charge in [0.05, 0.1) is 23.9 Å².